The van der Waals surface area contributed by atoms with Crippen LogP contribution >= 0.6 is 0 Å². The van der Waals surface area contributed by atoms with Crippen molar-refractivity contribution in [3.63, 3.8) is 0 Å². The van der Waals surface area contributed by atoms with Gasteiger partial charge in [-0.15, -0.1) is 0 Å². The maximum Gasteiger partial charge on any atom is 0.251 e. The van der Waals surface area contributed by atoms with Gasteiger partial charge in [0.05, 0.1) is 0 Å². The Bertz CT molecular complexity index is 705. The predicted octanol–water partition coefficient (Wildman–Crippen LogP) is 3.96. The second-order valence-corrected chi connectivity index (χ2v) is 7.30. The summed E-state index contributed by atoms with van der Waals surface area (Å²) in [6.45, 7) is 3.10. The fourth-order valence-corrected chi connectivity index (χ4v) is 3.96. The number of amides is 1. The Balaban J connectivity index is 1.32. The summed E-state index contributed by atoms with van der Waals surface area (Å²) in [6, 6.07) is 19.0. The van der Waals surface area contributed by atoms with Crippen LogP contribution in [0.15, 0.2) is 54.6 Å². The molecule has 4 rings (SSSR count). The van der Waals surface area contributed by atoms with Gasteiger partial charge in [-0.1, -0.05) is 48.9 Å². The maximum absolute atomic E-state index is 12.3. The van der Waals surface area contributed by atoms with Crippen LogP contribution in [0.2, 0.25) is 0 Å². The highest BCUT2D eigenvalue weighted by molar-refractivity contribution is 5.94. The molecule has 3 heteroatoms. The molecule has 25 heavy (non-hydrogen) atoms. The molecule has 0 radical (unpaired) electrons. The number of nitrogens with one attached hydrogen (secondary N) is 1. The van der Waals surface area contributed by atoms with Crippen LogP contribution in [0, 0.1) is 0 Å². The Morgan fingerprint density at radius 1 is 0.960 bits per heavy atom. The van der Waals surface area contributed by atoms with Crippen molar-refractivity contribution in [1.82, 2.24) is 10.2 Å². The molecular formula is C22H26N2O. The molecule has 3 nitrogen and oxygen atoms in total. The van der Waals surface area contributed by atoms with Gasteiger partial charge in [-0.25, -0.2) is 0 Å². The number of hydrogen-bond donors (Lipinski definition) is 1. The smallest absolute Gasteiger partial charge is 0.251 e. The van der Waals surface area contributed by atoms with Crippen LogP contribution in [-0.2, 0) is 6.54 Å². The van der Waals surface area contributed by atoms with E-state index in [9.17, 15) is 4.79 Å². The van der Waals surface area contributed by atoms with Gasteiger partial charge < -0.3 is 5.32 Å². The molecule has 0 bridgehead atoms. The number of benzene rings is 2. The molecule has 2 atom stereocenters. The minimum absolute atomic E-state index is 0.00113. The van der Waals surface area contributed by atoms with Crippen molar-refractivity contribution in [3.8, 4) is 0 Å². The SMILES string of the molecule is O=C(NCc1ccccc1)c1ccc(C2CC2N2CCCCC2)cc1. The van der Waals surface area contributed by atoms with E-state index >= 15 is 0 Å². The van der Waals surface area contributed by atoms with Crippen molar-refractivity contribution in [3.05, 3.63) is 71.3 Å². The van der Waals surface area contributed by atoms with E-state index in [0.29, 0.717) is 12.5 Å². The van der Waals surface area contributed by atoms with Crippen LogP contribution in [-0.4, -0.2) is 29.9 Å². The molecule has 2 aliphatic rings. The second kappa shape index (κ2) is 7.40. The molecule has 1 aliphatic heterocycles. The summed E-state index contributed by atoms with van der Waals surface area (Å²) in [4.78, 5) is 15.0. The summed E-state index contributed by atoms with van der Waals surface area (Å²) < 4.78 is 0. The zero-order valence-corrected chi connectivity index (χ0v) is 14.7. The third-order valence-electron chi connectivity index (χ3n) is 5.51. The molecule has 2 unspecified atom stereocenters. The highest BCUT2D eigenvalue weighted by Gasteiger charge is 2.42. The molecule has 130 valence electrons. The van der Waals surface area contributed by atoms with Gasteiger partial charge in [0.25, 0.3) is 5.91 Å². The number of carbonyl (C=O) groups is 1. The summed E-state index contributed by atoms with van der Waals surface area (Å²) in [5.74, 6) is 0.665. The van der Waals surface area contributed by atoms with Crippen molar-refractivity contribution in [2.45, 2.75) is 44.2 Å². The average molecular weight is 334 g/mol. The molecule has 2 fully saturated rings. The summed E-state index contributed by atoms with van der Waals surface area (Å²) in [5.41, 5.74) is 3.25. The lowest BCUT2D eigenvalue weighted by molar-refractivity contribution is 0.0951. The van der Waals surface area contributed by atoms with E-state index in [1.165, 1.54) is 44.3 Å². The molecule has 0 spiro atoms. The van der Waals surface area contributed by atoms with Crippen molar-refractivity contribution < 1.29 is 4.79 Å². The number of carbonyl (C=O) groups excluding carboxylic acids is 1. The van der Waals surface area contributed by atoms with Gasteiger partial charge in [0, 0.05) is 24.1 Å². The van der Waals surface area contributed by atoms with E-state index in [2.05, 4.69) is 22.3 Å². The van der Waals surface area contributed by atoms with Gasteiger partial charge in [-0.2, -0.15) is 0 Å². The number of nitrogens with zero attached hydrogens (tertiary/aromatic N) is 1. The van der Waals surface area contributed by atoms with Crippen LogP contribution in [0.25, 0.3) is 0 Å². The Labute approximate surface area is 150 Å². The van der Waals surface area contributed by atoms with Gasteiger partial charge in [0.2, 0.25) is 0 Å². The molecule has 1 amide bonds. The summed E-state index contributed by atoms with van der Waals surface area (Å²) in [5, 5.41) is 2.99. The average Bonchev–Trinajstić information content (AvgIpc) is 3.49. The molecule has 1 N–H and O–H groups in total. The van der Waals surface area contributed by atoms with Crippen LogP contribution in [0.3, 0.4) is 0 Å². The first-order valence-electron chi connectivity index (χ1n) is 9.47. The molecule has 0 aromatic heterocycles. The molecule has 1 saturated heterocycles. The highest BCUT2D eigenvalue weighted by Crippen LogP contribution is 2.45. The van der Waals surface area contributed by atoms with Crippen molar-refractivity contribution >= 4 is 5.91 Å². The van der Waals surface area contributed by atoms with E-state index in [1.54, 1.807) is 0 Å². The van der Waals surface area contributed by atoms with Crippen LogP contribution in [0.1, 0.15) is 53.1 Å². The predicted molar refractivity (Wildman–Crippen MR) is 101 cm³/mol. The van der Waals surface area contributed by atoms with E-state index in [4.69, 9.17) is 0 Å². The van der Waals surface area contributed by atoms with Gasteiger partial charge in [-0.05, 0) is 55.6 Å². The lowest BCUT2D eigenvalue weighted by Crippen LogP contribution is -2.32. The van der Waals surface area contributed by atoms with Crippen molar-refractivity contribution in [2.75, 3.05) is 13.1 Å². The minimum Gasteiger partial charge on any atom is -0.348 e. The fourth-order valence-electron chi connectivity index (χ4n) is 3.96. The summed E-state index contributed by atoms with van der Waals surface area (Å²) in [7, 11) is 0. The Morgan fingerprint density at radius 2 is 1.68 bits per heavy atom. The van der Waals surface area contributed by atoms with Crippen LogP contribution in [0.5, 0.6) is 0 Å². The summed E-state index contributed by atoms with van der Waals surface area (Å²) in [6.07, 6.45) is 5.37. The standard InChI is InChI=1S/C22H26N2O/c25-22(23-16-17-7-3-1-4-8-17)19-11-9-18(10-12-19)20-15-21(20)24-13-5-2-6-14-24/h1,3-4,7-12,20-21H,2,5-6,13-16H2,(H,23,25). The number of likely N-dealkylation sites (tertiary alicyclic amines) is 1. The number of rotatable bonds is 5. The first-order chi connectivity index (χ1) is 12.3. The van der Waals surface area contributed by atoms with E-state index in [0.717, 1.165) is 17.2 Å². The topological polar surface area (TPSA) is 32.3 Å². The van der Waals surface area contributed by atoms with Crippen molar-refractivity contribution in [1.29, 1.82) is 0 Å². The molecule has 2 aromatic carbocycles. The molecular weight excluding hydrogens is 308 g/mol. The fraction of sp³-hybridized carbons (Fsp3) is 0.409. The van der Waals surface area contributed by atoms with E-state index in [-0.39, 0.29) is 5.91 Å². The largest absolute Gasteiger partial charge is 0.348 e. The first-order valence-corrected chi connectivity index (χ1v) is 9.47. The maximum atomic E-state index is 12.3. The zero-order valence-electron chi connectivity index (χ0n) is 14.7. The normalized spacial score (nSPS) is 23.2. The summed E-state index contributed by atoms with van der Waals surface area (Å²) >= 11 is 0. The Kier molecular flexibility index (Phi) is 4.84. The molecule has 2 aromatic rings. The van der Waals surface area contributed by atoms with Gasteiger partial charge >= 0.3 is 0 Å². The van der Waals surface area contributed by atoms with Crippen molar-refractivity contribution in [2.24, 2.45) is 0 Å². The number of hydrogen-bond acceptors (Lipinski definition) is 2. The highest BCUT2D eigenvalue weighted by atomic mass is 16.1. The van der Waals surface area contributed by atoms with Gasteiger partial charge in [0.1, 0.15) is 0 Å². The zero-order chi connectivity index (χ0) is 17.1. The monoisotopic (exact) mass is 334 g/mol. The quantitative estimate of drug-likeness (QED) is 0.898. The van der Waals surface area contributed by atoms with E-state index in [1.807, 2.05) is 42.5 Å². The second-order valence-electron chi connectivity index (χ2n) is 7.30. The molecule has 1 heterocycles. The van der Waals surface area contributed by atoms with Gasteiger partial charge in [0.15, 0.2) is 0 Å². The Morgan fingerprint density at radius 3 is 2.40 bits per heavy atom. The van der Waals surface area contributed by atoms with Crippen LogP contribution in [0.4, 0.5) is 0 Å². The molecule has 1 aliphatic carbocycles. The minimum atomic E-state index is -0.00113. The molecule has 1 saturated carbocycles. The lowest BCUT2D eigenvalue weighted by atomic mass is 10.1. The van der Waals surface area contributed by atoms with Gasteiger partial charge in [-0.3, -0.25) is 9.69 Å². The third-order valence-corrected chi connectivity index (χ3v) is 5.51. The van der Waals surface area contributed by atoms with Crippen LogP contribution < -0.4 is 5.32 Å². The van der Waals surface area contributed by atoms with E-state index < -0.39 is 0 Å². The lowest BCUT2D eigenvalue weighted by Gasteiger charge is -2.26. The first kappa shape index (κ1) is 16.3. The Hall–Kier alpha value is -2.13. The third kappa shape index (κ3) is 3.93. The number of piperidine rings is 1.